The molecule has 2 aromatic carbocycles. The topological polar surface area (TPSA) is 91.7 Å². The van der Waals surface area contributed by atoms with Gasteiger partial charge in [-0.2, -0.15) is 5.10 Å². The lowest BCUT2D eigenvalue weighted by molar-refractivity contribution is -0.118. The van der Waals surface area contributed by atoms with E-state index in [1.807, 2.05) is 36.4 Å². The first-order chi connectivity index (χ1) is 15.7. The molecule has 0 aliphatic heterocycles. The largest absolute Gasteiger partial charge is 0.497 e. The van der Waals surface area contributed by atoms with Crippen LogP contribution < -0.4 is 14.8 Å². The lowest BCUT2D eigenvalue weighted by Crippen LogP contribution is -2.24. The van der Waals surface area contributed by atoms with Crippen LogP contribution in [0.5, 0.6) is 11.5 Å². The van der Waals surface area contributed by atoms with Crippen LogP contribution in [0.1, 0.15) is 43.6 Å². The van der Waals surface area contributed by atoms with Gasteiger partial charge in [-0.25, -0.2) is 9.48 Å². The first kappa shape index (κ1) is 23.8. The van der Waals surface area contributed by atoms with Crippen molar-refractivity contribution in [3.8, 4) is 17.2 Å². The van der Waals surface area contributed by atoms with Gasteiger partial charge >= 0.3 is 5.97 Å². The number of carbonyl (C=O) groups excluding carboxylic acids is 2. The number of carbonyl (C=O) groups is 2. The van der Waals surface area contributed by atoms with E-state index < -0.39 is 11.9 Å². The Balaban J connectivity index is 1.83. The van der Waals surface area contributed by atoms with Crippen molar-refractivity contribution in [2.45, 2.75) is 33.1 Å². The molecule has 0 saturated carbocycles. The normalized spacial score (nSPS) is 11.1. The number of para-hydroxylation sites is 1. The lowest BCUT2D eigenvalue weighted by Gasteiger charge is -2.23. The van der Waals surface area contributed by atoms with Crippen molar-refractivity contribution in [1.29, 1.82) is 0 Å². The summed E-state index contributed by atoms with van der Waals surface area (Å²) in [4.78, 5) is 25.2. The molecule has 0 aliphatic rings. The van der Waals surface area contributed by atoms with E-state index in [9.17, 15) is 9.59 Å². The molecule has 1 aromatic heterocycles. The number of benzene rings is 2. The van der Waals surface area contributed by atoms with Crippen LogP contribution in [-0.2, 0) is 14.9 Å². The third-order valence-corrected chi connectivity index (χ3v) is 4.88. The van der Waals surface area contributed by atoms with E-state index in [2.05, 4.69) is 31.2 Å². The summed E-state index contributed by atoms with van der Waals surface area (Å²) in [5.41, 5.74) is 1.54. The van der Waals surface area contributed by atoms with Gasteiger partial charge in [-0.3, -0.25) is 4.79 Å². The van der Waals surface area contributed by atoms with Crippen LogP contribution in [0.2, 0.25) is 0 Å². The second kappa shape index (κ2) is 10.2. The quantitative estimate of drug-likeness (QED) is 0.511. The summed E-state index contributed by atoms with van der Waals surface area (Å²) in [5.74, 6) is 0.511. The molecular weight excluding hydrogens is 422 g/mol. The molecule has 0 bridgehead atoms. The Kier molecular flexibility index (Phi) is 7.37. The van der Waals surface area contributed by atoms with Crippen LogP contribution in [-0.4, -0.2) is 42.0 Å². The van der Waals surface area contributed by atoms with E-state index in [1.165, 1.54) is 10.9 Å². The maximum Gasteiger partial charge on any atom is 0.343 e. The molecular formula is C25H29N3O5. The highest BCUT2D eigenvalue weighted by atomic mass is 16.5. The molecule has 0 fully saturated rings. The smallest absolute Gasteiger partial charge is 0.343 e. The zero-order valence-electron chi connectivity index (χ0n) is 19.5. The van der Waals surface area contributed by atoms with Gasteiger partial charge in [-0.15, -0.1) is 0 Å². The van der Waals surface area contributed by atoms with Gasteiger partial charge in [0.15, 0.2) is 12.4 Å². The maximum atomic E-state index is 12.8. The highest BCUT2D eigenvalue weighted by Gasteiger charge is 2.23. The van der Waals surface area contributed by atoms with Gasteiger partial charge < -0.3 is 19.5 Å². The predicted molar refractivity (Wildman–Crippen MR) is 125 cm³/mol. The summed E-state index contributed by atoms with van der Waals surface area (Å²) in [6.45, 7) is 7.83. The summed E-state index contributed by atoms with van der Waals surface area (Å²) in [6, 6.07) is 14.7. The van der Waals surface area contributed by atoms with E-state index >= 15 is 0 Å². The number of methoxy groups -OCH3 is 1. The van der Waals surface area contributed by atoms with E-state index in [-0.39, 0.29) is 30.0 Å². The average molecular weight is 452 g/mol. The molecule has 8 nitrogen and oxygen atoms in total. The van der Waals surface area contributed by atoms with Crippen molar-refractivity contribution >= 4 is 17.7 Å². The zero-order valence-corrected chi connectivity index (χ0v) is 19.5. The lowest BCUT2D eigenvalue weighted by atomic mass is 9.86. The van der Waals surface area contributed by atoms with Gasteiger partial charge in [0.2, 0.25) is 0 Å². The fourth-order valence-corrected chi connectivity index (χ4v) is 3.25. The molecule has 0 saturated heterocycles. The highest BCUT2D eigenvalue weighted by Crippen LogP contribution is 2.34. The summed E-state index contributed by atoms with van der Waals surface area (Å²) in [5, 5.41) is 7.03. The molecule has 0 radical (unpaired) electrons. The predicted octanol–water partition coefficient (Wildman–Crippen LogP) is 4.37. The summed E-state index contributed by atoms with van der Waals surface area (Å²) < 4.78 is 17.8. The Morgan fingerprint density at radius 1 is 1.09 bits per heavy atom. The monoisotopic (exact) mass is 451 g/mol. The van der Waals surface area contributed by atoms with Gasteiger partial charge in [0.1, 0.15) is 17.1 Å². The number of hydrogen-bond donors (Lipinski definition) is 1. The van der Waals surface area contributed by atoms with Crippen LogP contribution in [0.4, 0.5) is 5.82 Å². The Bertz CT molecular complexity index is 1120. The molecule has 0 unspecified atom stereocenters. The SMILES string of the molecule is CCOC(=O)c1cnn(-c2ccccc2)c1NC(=O)COc1ccc(OC)cc1C(C)(C)C. The van der Waals surface area contributed by atoms with Crippen LogP contribution >= 0.6 is 0 Å². The highest BCUT2D eigenvalue weighted by molar-refractivity contribution is 6.01. The average Bonchev–Trinajstić information content (AvgIpc) is 3.21. The fourth-order valence-electron chi connectivity index (χ4n) is 3.25. The molecule has 1 N–H and O–H groups in total. The molecule has 1 heterocycles. The molecule has 0 atom stereocenters. The minimum Gasteiger partial charge on any atom is -0.497 e. The molecule has 0 aliphatic carbocycles. The Morgan fingerprint density at radius 2 is 1.82 bits per heavy atom. The van der Waals surface area contributed by atoms with Crippen molar-refractivity contribution in [1.82, 2.24) is 9.78 Å². The number of esters is 1. The fraction of sp³-hybridized carbons (Fsp3) is 0.320. The number of anilines is 1. The van der Waals surface area contributed by atoms with Gasteiger partial charge in [-0.05, 0) is 42.7 Å². The zero-order chi connectivity index (χ0) is 24.0. The van der Waals surface area contributed by atoms with E-state index in [0.717, 1.165) is 5.56 Å². The number of nitrogens with one attached hydrogen (secondary N) is 1. The minimum absolute atomic E-state index is 0.161. The molecule has 33 heavy (non-hydrogen) atoms. The molecule has 174 valence electrons. The van der Waals surface area contributed by atoms with E-state index in [4.69, 9.17) is 14.2 Å². The Morgan fingerprint density at radius 3 is 2.45 bits per heavy atom. The first-order valence-corrected chi connectivity index (χ1v) is 10.7. The van der Waals surface area contributed by atoms with Gasteiger partial charge in [0.25, 0.3) is 5.91 Å². The molecule has 8 heteroatoms. The van der Waals surface area contributed by atoms with Gasteiger partial charge in [0.05, 0.1) is 25.6 Å². The van der Waals surface area contributed by atoms with Crippen LogP contribution in [0.25, 0.3) is 5.69 Å². The summed E-state index contributed by atoms with van der Waals surface area (Å²) in [7, 11) is 1.60. The standard InChI is InChI=1S/C25H29N3O5/c1-6-32-24(30)19-15-26-28(17-10-8-7-9-11-17)23(19)27-22(29)16-33-21-13-12-18(31-5)14-20(21)25(2,3)4/h7-15H,6,16H2,1-5H3,(H,27,29). The van der Waals surface area contributed by atoms with E-state index in [0.29, 0.717) is 17.2 Å². The van der Waals surface area contributed by atoms with Gasteiger partial charge in [-0.1, -0.05) is 39.0 Å². The Hall–Kier alpha value is -3.81. The second-order valence-electron chi connectivity index (χ2n) is 8.32. The minimum atomic E-state index is -0.568. The molecule has 0 spiro atoms. The maximum absolute atomic E-state index is 12.8. The van der Waals surface area contributed by atoms with Crippen molar-refractivity contribution in [3.63, 3.8) is 0 Å². The number of amides is 1. The third-order valence-electron chi connectivity index (χ3n) is 4.88. The number of nitrogens with zero attached hydrogens (tertiary/aromatic N) is 2. The summed E-state index contributed by atoms with van der Waals surface area (Å²) >= 11 is 0. The van der Waals surface area contributed by atoms with E-state index in [1.54, 1.807) is 26.2 Å². The number of ether oxygens (including phenoxy) is 3. The third kappa shape index (κ3) is 5.71. The summed E-state index contributed by atoms with van der Waals surface area (Å²) in [6.07, 6.45) is 1.38. The molecule has 3 aromatic rings. The van der Waals surface area contributed by atoms with Crippen LogP contribution in [0.3, 0.4) is 0 Å². The van der Waals surface area contributed by atoms with Crippen LogP contribution in [0, 0.1) is 0 Å². The van der Waals surface area contributed by atoms with Crippen molar-refractivity contribution in [3.05, 3.63) is 65.9 Å². The second-order valence-corrected chi connectivity index (χ2v) is 8.32. The first-order valence-electron chi connectivity index (χ1n) is 10.7. The Labute approximate surface area is 193 Å². The molecule has 3 rings (SSSR count). The molecule has 1 amide bonds. The number of hydrogen-bond acceptors (Lipinski definition) is 6. The number of rotatable bonds is 8. The van der Waals surface area contributed by atoms with Crippen molar-refractivity contribution in [2.75, 3.05) is 25.6 Å². The van der Waals surface area contributed by atoms with Crippen LogP contribution in [0.15, 0.2) is 54.7 Å². The van der Waals surface area contributed by atoms with Gasteiger partial charge in [0, 0.05) is 5.56 Å². The van der Waals surface area contributed by atoms with Crippen molar-refractivity contribution < 1.29 is 23.8 Å². The van der Waals surface area contributed by atoms with Crippen molar-refractivity contribution in [2.24, 2.45) is 0 Å². The number of aromatic nitrogens is 2.